The molecule has 1 aromatic carbocycles. The van der Waals surface area contributed by atoms with Crippen molar-refractivity contribution in [1.29, 1.82) is 0 Å². The number of nitrogens with zero attached hydrogens (tertiary/aromatic N) is 4. The quantitative estimate of drug-likeness (QED) is 0.919. The molecule has 0 saturated carbocycles. The molecule has 2 heterocycles. The van der Waals surface area contributed by atoms with Crippen LogP contribution in [0.5, 0.6) is 0 Å². The van der Waals surface area contributed by atoms with Crippen molar-refractivity contribution in [2.75, 3.05) is 13.1 Å². The van der Waals surface area contributed by atoms with E-state index in [1.807, 2.05) is 32.0 Å². The van der Waals surface area contributed by atoms with Crippen molar-refractivity contribution < 1.29 is 9.90 Å². The lowest BCUT2D eigenvalue weighted by Crippen LogP contribution is -2.35. The number of likely N-dealkylation sites (tertiary alicyclic amines) is 1. The number of carbonyl (C=O) groups is 1. The predicted octanol–water partition coefficient (Wildman–Crippen LogP) is 2.17. The van der Waals surface area contributed by atoms with Crippen LogP contribution >= 0.6 is 11.6 Å². The summed E-state index contributed by atoms with van der Waals surface area (Å²) in [6.07, 6.45) is 2.44. The summed E-state index contributed by atoms with van der Waals surface area (Å²) in [7, 11) is 0. The molecule has 1 saturated heterocycles. The molecule has 0 unspecified atom stereocenters. The van der Waals surface area contributed by atoms with Gasteiger partial charge in [-0.15, -0.1) is 5.10 Å². The Labute approximate surface area is 146 Å². The molecule has 1 fully saturated rings. The Hall–Kier alpha value is -1.92. The van der Waals surface area contributed by atoms with Crippen molar-refractivity contribution in [3.8, 4) is 0 Å². The maximum atomic E-state index is 12.5. The lowest BCUT2D eigenvalue weighted by Gasteiger charge is -2.21. The van der Waals surface area contributed by atoms with E-state index in [2.05, 4.69) is 10.3 Å². The monoisotopic (exact) mass is 348 g/mol. The molecule has 0 radical (unpaired) electrons. The van der Waals surface area contributed by atoms with Crippen LogP contribution in [0.25, 0.3) is 0 Å². The maximum Gasteiger partial charge on any atom is 0.227 e. The number of hydrogen-bond donors (Lipinski definition) is 1. The highest BCUT2D eigenvalue weighted by Gasteiger charge is 2.41. The van der Waals surface area contributed by atoms with Gasteiger partial charge in [-0.1, -0.05) is 35.0 Å². The molecule has 3 rings (SSSR count). The summed E-state index contributed by atoms with van der Waals surface area (Å²) in [5, 5.41) is 19.6. The topological polar surface area (TPSA) is 71.2 Å². The van der Waals surface area contributed by atoms with E-state index in [-0.39, 0.29) is 24.9 Å². The average molecular weight is 349 g/mol. The molecule has 1 N–H and O–H groups in total. The zero-order valence-electron chi connectivity index (χ0n) is 13.8. The Morgan fingerprint density at radius 1 is 1.42 bits per heavy atom. The molecule has 1 aromatic heterocycles. The summed E-state index contributed by atoms with van der Waals surface area (Å²) in [6, 6.07) is 7.49. The molecular formula is C17H21ClN4O2. The molecule has 128 valence electrons. The van der Waals surface area contributed by atoms with Gasteiger partial charge in [0, 0.05) is 24.0 Å². The van der Waals surface area contributed by atoms with Gasteiger partial charge < -0.3 is 10.0 Å². The van der Waals surface area contributed by atoms with Crippen molar-refractivity contribution >= 4 is 17.5 Å². The SMILES string of the molecule is CC(C)n1cc([C@]2(O)CCN(C(=O)Cc3ccccc3Cl)C2)nn1. The number of amides is 1. The molecule has 1 atom stereocenters. The smallest absolute Gasteiger partial charge is 0.227 e. The molecule has 1 amide bonds. The van der Waals surface area contributed by atoms with Crippen LogP contribution in [0.4, 0.5) is 0 Å². The number of aromatic nitrogens is 3. The summed E-state index contributed by atoms with van der Waals surface area (Å²) >= 11 is 6.12. The van der Waals surface area contributed by atoms with Crippen LogP contribution in [0.3, 0.4) is 0 Å². The van der Waals surface area contributed by atoms with Gasteiger partial charge in [-0.3, -0.25) is 4.79 Å². The fourth-order valence-electron chi connectivity index (χ4n) is 2.87. The Morgan fingerprint density at radius 2 is 2.17 bits per heavy atom. The first-order chi connectivity index (χ1) is 11.4. The summed E-state index contributed by atoms with van der Waals surface area (Å²) in [6.45, 7) is 4.72. The lowest BCUT2D eigenvalue weighted by atomic mass is 10.00. The van der Waals surface area contributed by atoms with Crippen LogP contribution in [0.2, 0.25) is 5.02 Å². The molecule has 1 aliphatic heterocycles. The van der Waals surface area contributed by atoms with Crippen molar-refractivity contribution in [2.24, 2.45) is 0 Å². The predicted molar refractivity (Wildman–Crippen MR) is 90.7 cm³/mol. The number of β-amino-alcohol motifs (C(OH)–C–C–N with tert-alkyl or cyclic N) is 1. The van der Waals surface area contributed by atoms with Crippen LogP contribution in [0, 0.1) is 0 Å². The van der Waals surface area contributed by atoms with E-state index in [0.717, 1.165) is 5.56 Å². The number of carbonyl (C=O) groups excluding carboxylic acids is 1. The minimum atomic E-state index is -1.14. The molecule has 1 aliphatic rings. The van der Waals surface area contributed by atoms with E-state index in [9.17, 15) is 9.90 Å². The maximum absolute atomic E-state index is 12.5. The van der Waals surface area contributed by atoms with Gasteiger partial charge in [-0.25, -0.2) is 4.68 Å². The van der Waals surface area contributed by atoms with Crippen molar-refractivity contribution in [3.63, 3.8) is 0 Å². The van der Waals surface area contributed by atoms with Gasteiger partial charge in [0.1, 0.15) is 11.3 Å². The van der Waals surface area contributed by atoms with Crippen LogP contribution in [-0.2, 0) is 16.8 Å². The van der Waals surface area contributed by atoms with Crippen LogP contribution in [-0.4, -0.2) is 44.0 Å². The van der Waals surface area contributed by atoms with E-state index >= 15 is 0 Å². The van der Waals surface area contributed by atoms with Crippen LogP contribution in [0.15, 0.2) is 30.5 Å². The van der Waals surface area contributed by atoms with Crippen molar-refractivity contribution in [3.05, 3.63) is 46.7 Å². The number of hydrogen-bond acceptors (Lipinski definition) is 4. The molecule has 7 heteroatoms. The van der Waals surface area contributed by atoms with E-state index in [1.165, 1.54) is 0 Å². The van der Waals surface area contributed by atoms with Gasteiger partial charge in [0.2, 0.25) is 5.91 Å². The second-order valence-electron chi connectivity index (χ2n) is 6.54. The second kappa shape index (κ2) is 6.53. The Morgan fingerprint density at radius 3 is 2.83 bits per heavy atom. The first kappa shape index (κ1) is 16.9. The van der Waals surface area contributed by atoms with Crippen LogP contribution < -0.4 is 0 Å². The highest BCUT2D eigenvalue weighted by Crippen LogP contribution is 2.31. The van der Waals surface area contributed by atoms with Crippen LogP contribution in [0.1, 0.15) is 37.6 Å². The number of aliphatic hydroxyl groups is 1. The highest BCUT2D eigenvalue weighted by molar-refractivity contribution is 6.31. The van der Waals surface area contributed by atoms with E-state index in [4.69, 9.17) is 11.6 Å². The van der Waals surface area contributed by atoms with Gasteiger partial charge in [-0.05, 0) is 25.5 Å². The van der Waals surface area contributed by atoms with E-state index < -0.39 is 5.60 Å². The van der Waals surface area contributed by atoms with Crippen molar-refractivity contribution in [2.45, 2.75) is 38.3 Å². The van der Waals surface area contributed by atoms with Gasteiger partial charge >= 0.3 is 0 Å². The fourth-order valence-corrected chi connectivity index (χ4v) is 3.08. The Kier molecular flexibility index (Phi) is 4.60. The standard InChI is InChI=1S/C17H21ClN4O2/c1-12(2)22-10-15(19-20-22)17(24)7-8-21(11-17)16(23)9-13-5-3-4-6-14(13)18/h3-6,10,12,24H,7-9,11H2,1-2H3/t17-/m0/s1. The molecule has 0 bridgehead atoms. The van der Waals surface area contributed by atoms with Gasteiger partial charge in [0.15, 0.2) is 0 Å². The third-order valence-corrected chi connectivity index (χ3v) is 4.78. The molecule has 2 aromatic rings. The summed E-state index contributed by atoms with van der Waals surface area (Å²) < 4.78 is 1.71. The summed E-state index contributed by atoms with van der Waals surface area (Å²) in [5.41, 5.74) is 0.179. The number of benzene rings is 1. The molecule has 6 nitrogen and oxygen atoms in total. The van der Waals surface area contributed by atoms with Gasteiger partial charge in [-0.2, -0.15) is 0 Å². The highest BCUT2D eigenvalue weighted by atomic mass is 35.5. The average Bonchev–Trinajstić information content (AvgIpc) is 3.17. The second-order valence-corrected chi connectivity index (χ2v) is 6.95. The number of rotatable bonds is 4. The molecule has 24 heavy (non-hydrogen) atoms. The minimum Gasteiger partial charge on any atom is -0.381 e. The lowest BCUT2D eigenvalue weighted by molar-refractivity contribution is -0.130. The van der Waals surface area contributed by atoms with Gasteiger partial charge in [0.05, 0.1) is 19.2 Å². The summed E-state index contributed by atoms with van der Waals surface area (Å²) in [5.74, 6) is -0.0460. The fraction of sp³-hybridized carbons (Fsp3) is 0.471. The van der Waals surface area contributed by atoms with Crippen molar-refractivity contribution in [1.82, 2.24) is 19.9 Å². The van der Waals surface area contributed by atoms with Gasteiger partial charge in [0.25, 0.3) is 0 Å². The van der Waals surface area contributed by atoms with E-state index in [1.54, 1.807) is 21.8 Å². The number of halogens is 1. The molecule has 0 aliphatic carbocycles. The Bertz CT molecular complexity index is 746. The first-order valence-corrected chi connectivity index (χ1v) is 8.43. The zero-order valence-corrected chi connectivity index (χ0v) is 14.6. The third-order valence-electron chi connectivity index (χ3n) is 4.42. The largest absolute Gasteiger partial charge is 0.381 e. The normalized spacial score (nSPS) is 20.8. The first-order valence-electron chi connectivity index (χ1n) is 8.05. The molecule has 0 spiro atoms. The zero-order chi connectivity index (χ0) is 17.3. The summed E-state index contributed by atoms with van der Waals surface area (Å²) in [4.78, 5) is 14.2. The van der Waals surface area contributed by atoms with E-state index in [0.29, 0.717) is 23.7 Å². The third kappa shape index (κ3) is 3.30. The molecular weight excluding hydrogens is 328 g/mol. The minimum absolute atomic E-state index is 0.0460. The Balaban J connectivity index is 1.69.